The molecule has 0 spiro atoms. The zero-order chi connectivity index (χ0) is 22.9. The molecular weight excluding hydrogens is 432 g/mol. The second-order valence-corrected chi connectivity index (χ2v) is 8.79. The highest BCUT2D eigenvalue weighted by molar-refractivity contribution is 6.10. The molecule has 0 bridgehead atoms. The van der Waals surface area contributed by atoms with Crippen molar-refractivity contribution in [2.24, 2.45) is 0 Å². The summed E-state index contributed by atoms with van der Waals surface area (Å²) >= 11 is 0. The van der Waals surface area contributed by atoms with Gasteiger partial charge in [0.25, 0.3) is 0 Å². The van der Waals surface area contributed by atoms with Gasteiger partial charge in [-0.05, 0) is 36.4 Å². The Morgan fingerprint density at radius 2 is 1.11 bits per heavy atom. The van der Waals surface area contributed by atoms with E-state index in [2.05, 4.69) is 59.2 Å². The third kappa shape index (κ3) is 2.53. The summed E-state index contributed by atoms with van der Waals surface area (Å²) < 4.78 is 15.0. The highest BCUT2D eigenvalue weighted by Gasteiger charge is 2.21. The van der Waals surface area contributed by atoms with E-state index in [9.17, 15) is 0 Å². The van der Waals surface area contributed by atoms with Crippen LogP contribution in [0.1, 0.15) is 0 Å². The van der Waals surface area contributed by atoms with Crippen LogP contribution < -0.4 is 0 Å². The van der Waals surface area contributed by atoms with Gasteiger partial charge in [-0.25, -0.2) is 4.98 Å². The summed E-state index contributed by atoms with van der Waals surface area (Å²) in [6.45, 7) is 0. The molecule has 0 radical (unpaired) electrons. The van der Waals surface area contributed by atoms with Gasteiger partial charge in [0.2, 0.25) is 0 Å². The quantitative estimate of drug-likeness (QED) is 0.265. The number of furan rings is 2. The Bertz CT molecular complexity index is 2070. The van der Waals surface area contributed by atoms with E-state index in [1.54, 1.807) is 0 Å². The van der Waals surface area contributed by atoms with Gasteiger partial charge >= 0.3 is 0 Å². The lowest BCUT2D eigenvalue weighted by Crippen LogP contribution is -1.98. The zero-order valence-corrected chi connectivity index (χ0v) is 18.6. The predicted octanol–water partition coefficient (Wildman–Crippen LogP) is 8.49. The summed E-state index contributed by atoms with van der Waals surface area (Å²) in [5.74, 6) is 0.823. The summed E-state index contributed by atoms with van der Waals surface area (Å²) in [4.78, 5) is 5.10. The maximum Gasteiger partial charge on any atom is 0.159 e. The maximum absolute atomic E-state index is 6.41. The van der Waals surface area contributed by atoms with Gasteiger partial charge in [-0.3, -0.25) is 4.57 Å². The van der Waals surface area contributed by atoms with Gasteiger partial charge in [0.1, 0.15) is 22.6 Å². The minimum absolute atomic E-state index is 0.823. The van der Waals surface area contributed by atoms with Gasteiger partial charge in [0, 0.05) is 21.5 Å². The molecule has 35 heavy (non-hydrogen) atoms. The van der Waals surface area contributed by atoms with E-state index in [-0.39, 0.29) is 0 Å². The van der Waals surface area contributed by atoms with E-state index >= 15 is 0 Å². The number of benzene rings is 5. The molecule has 0 saturated carbocycles. The van der Waals surface area contributed by atoms with E-state index in [1.165, 1.54) is 0 Å². The number of aromatic nitrogens is 2. The predicted molar refractivity (Wildman–Crippen MR) is 141 cm³/mol. The van der Waals surface area contributed by atoms with E-state index < -0.39 is 0 Å². The van der Waals surface area contributed by atoms with Gasteiger partial charge in [-0.2, -0.15) is 0 Å². The second kappa shape index (κ2) is 6.84. The third-order valence-corrected chi connectivity index (χ3v) is 6.83. The summed E-state index contributed by atoms with van der Waals surface area (Å²) in [6, 6.07) is 37.1. The molecule has 0 unspecified atom stereocenters. The Labute approximate surface area is 199 Å². The topological polar surface area (TPSA) is 44.1 Å². The highest BCUT2D eigenvalue weighted by Crippen LogP contribution is 2.40. The lowest BCUT2D eigenvalue weighted by molar-refractivity contribution is 0.665. The summed E-state index contributed by atoms with van der Waals surface area (Å²) in [5.41, 5.74) is 7.26. The van der Waals surface area contributed by atoms with Crippen molar-refractivity contribution in [2.45, 2.75) is 0 Å². The summed E-state index contributed by atoms with van der Waals surface area (Å²) in [6.07, 6.45) is 0. The average molecular weight is 450 g/mol. The van der Waals surface area contributed by atoms with Gasteiger partial charge in [0.05, 0.1) is 22.3 Å². The molecule has 0 aliphatic heterocycles. The first-order valence-corrected chi connectivity index (χ1v) is 11.7. The molecule has 0 fully saturated rings. The first-order valence-electron chi connectivity index (χ1n) is 11.7. The molecule has 0 aliphatic rings. The minimum atomic E-state index is 0.823. The number of hydrogen-bond donors (Lipinski definition) is 0. The number of nitrogens with zero attached hydrogens (tertiary/aromatic N) is 2. The third-order valence-electron chi connectivity index (χ3n) is 6.83. The minimum Gasteiger partial charge on any atom is -0.455 e. The average Bonchev–Trinajstić information content (AvgIpc) is 3.59. The smallest absolute Gasteiger partial charge is 0.159 e. The molecule has 0 N–H and O–H groups in total. The van der Waals surface area contributed by atoms with Crippen LogP contribution in [0.3, 0.4) is 0 Å². The molecule has 4 nitrogen and oxygen atoms in total. The highest BCUT2D eigenvalue weighted by atomic mass is 16.3. The van der Waals surface area contributed by atoms with Crippen molar-refractivity contribution >= 4 is 54.9 Å². The monoisotopic (exact) mass is 450 g/mol. The number of fused-ring (bicyclic) bond motifs is 7. The fourth-order valence-electron chi connectivity index (χ4n) is 5.28. The van der Waals surface area contributed by atoms with E-state index in [0.717, 1.165) is 72.0 Å². The van der Waals surface area contributed by atoms with Crippen LogP contribution in [-0.2, 0) is 0 Å². The Hall–Kier alpha value is -4.83. The van der Waals surface area contributed by atoms with Gasteiger partial charge in [-0.15, -0.1) is 0 Å². The molecular formula is C31H18N2O2. The normalized spacial score (nSPS) is 12.0. The molecule has 5 aromatic carbocycles. The SMILES string of the molecule is c1ccc2c(c1)nc(-c1cccc3c1oc1ccccc13)n2-c1cccc2c1oc1ccccc12. The van der Waals surface area contributed by atoms with Crippen LogP contribution in [0.25, 0.3) is 72.0 Å². The van der Waals surface area contributed by atoms with E-state index in [0.29, 0.717) is 0 Å². The van der Waals surface area contributed by atoms with Gasteiger partial charge in [-0.1, -0.05) is 72.8 Å². The molecule has 0 amide bonds. The fraction of sp³-hybridized carbons (Fsp3) is 0. The fourth-order valence-corrected chi connectivity index (χ4v) is 5.28. The van der Waals surface area contributed by atoms with Crippen LogP contribution in [0.15, 0.2) is 118 Å². The Balaban J connectivity index is 1.52. The number of imidazole rings is 1. The van der Waals surface area contributed by atoms with E-state index in [4.69, 9.17) is 13.8 Å². The number of hydrogen-bond acceptors (Lipinski definition) is 3. The van der Waals surface area contributed by atoms with Crippen LogP contribution in [0, 0.1) is 0 Å². The van der Waals surface area contributed by atoms with E-state index in [1.807, 2.05) is 54.6 Å². The van der Waals surface area contributed by atoms with Gasteiger partial charge in [0.15, 0.2) is 5.58 Å². The Kier molecular flexibility index (Phi) is 3.63. The summed E-state index contributed by atoms with van der Waals surface area (Å²) in [5, 5.41) is 4.38. The molecule has 164 valence electrons. The van der Waals surface area contributed by atoms with Crippen LogP contribution in [-0.4, -0.2) is 9.55 Å². The maximum atomic E-state index is 6.41. The van der Waals surface area contributed by atoms with Crippen molar-refractivity contribution < 1.29 is 8.83 Å². The second-order valence-electron chi connectivity index (χ2n) is 8.79. The van der Waals surface area contributed by atoms with Crippen LogP contribution in [0.5, 0.6) is 0 Å². The lowest BCUT2D eigenvalue weighted by atomic mass is 10.1. The Morgan fingerprint density at radius 3 is 1.91 bits per heavy atom. The van der Waals surface area contributed by atoms with Crippen LogP contribution >= 0.6 is 0 Å². The van der Waals surface area contributed by atoms with Crippen LogP contribution in [0.4, 0.5) is 0 Å². The van der Waals surface area contributed by atoms with Crippen LogP contribution in [0.2, 0.25) is 0 Å². The van der Waals surface area contributed by atoms with Crippen molar-refractivity contribution in [1.29, 1.82) is 0 Å². The van der Waals surface area contributed by atoms with Crippen molar-refractivity contribution in [3.05, 3.63) is 109 Å². The van der Waals surface area contributed by atoms with Crippen molar-refractivity contribution in [2.75, 3.05) is 0 Å². The molecule has 0 aliphatic carbocycles. The molecule has 3 aromatic heterocycles. The molecule has 8 rings (SSSR count). The largest absolute Gasteiger partial charge is 0.455 e. The zero-order valence-electron chi connectivity index (χ0n) is 18.6. The van der Waals surface area contributed by atoms with Crippen molar-refractivity contribution in [3.8, 4) is 17.1 Å². The summed E-state index contributed by atoms with van der Waals surface area (Å²) in [7, 11) is 0. The molecule has 0 saturated heterocycles. The number of rotatable bonds is 2. The lowest BCUT2D eigenvalue weighted by Gasteiger charge is -2.10. The standard InChI is InChI=1S/C31H18N2O2/c1-5-17-27-19(9-1)21-11-7-13-23(29(21)34-27)31-32-24-14-3-4-15-25(24)33(31)26-16-8-12-22-20-10-2-6-18-28(20)35-30(22)26/h1-18H. The Morgan fingerprint density at radius 1 is 0.514 bits per heavy atom. The van der Waals surface area contributed by atoms with Crippen molar-refractivity contribution in [1.82, 2.24) is 9.55 Å². The van der Waals surface area contributed by atoms with Crippen molar-refractivity contribution in [3.63, 3.8) is 0 Å². The van der Waals surface area contributed by atoms with Gasteiger partial charge < -0.3 is 8.83 Å². The number of para-hydroxylation sites is 6. The first-order chi connectivity index (χ1) is 17.4. The molecule has 3 heterocycles. The first kappa shape index (κ1) is 18.6. The molecule has 8 aromatic rings. The molecule has 0 atom stereocenters. The molecule has 4 heteroatoms.